The van der Waals surface area contributed by atoms with Gasteiger partial charge in [0, 0.05) is 10.8 Å². The van der Waals surface area contributed by atoms with E-state index >= 15 is 0 Å². The first-order valence-corrected chi connectivity index (χ1v) is 13.9. The van der Waals surface area contributed by atoms with Crippen LogP contribution >= 0.6 is 0 Å². The molecule has 0 N–H and O–H groups in total. The monoisotopic (exact) mass is 624 g/mol. The van der Waals surface area contributed by atoms with Crippen molar-refractivity contribution in [3.63, 3.8) is 0 Å². The number of fused-ring (bicyclic) bond motifs is 8. The minimum atomic E-state index is -1.10. The normalized spacial score (nSPS) is 20.2. The molecule has 0 aliphatic heterocycles. The molecule has 1 heteroatoms. The second-order valence-electron chi connectivity index (χ2n) is 10.3. The second kappa shape index (κ2) is 10.2. The Kier molecular flexibility index (Phi) is 2.31. The molecular formula is C46H28O. The predicted molar refractivity (Wildman–Crippen MR) is 200 cm³/mol. The molecule has 47 heavy (non-hydrogen) atoms. The number of rotatable bonds is 3. The quantitative estimate of drug-likeness (QED) is 0.178. The van der Waals surface area contributed by atoms with E-state index in [9.17, 15) is 16.4 Å². The van der Waals surface area contributed by atoms with Crippen molar-refractivity contribution in [3.05, 3.63) is 169 Å². The molecule has 0 fully saturated rings. The molecule has 0 aliphatic rings. The molecule has 0 amide bonds. The molecule has 10 rings (SSSR count). The summed E-state index contributed by atoms with van der Waals surface area (Å²) in [4.78, 5) is 0. The SMILES string of the molecule is [2H]c1c([2H])c(-c2c([2H])c([2H])c3oc4c([2H])c([2H])c5c([2H])c([2H])c([2H])c([2H])c5c4c3c2[2H])c([2H])c(-c2c3c([2H])c([2H])c([2H])c([2H])c3c(-c3c([2H])c([2H])c4c([2H])c([2H])c([2H])c([2H])c4c3[2H])c3c([2H])c([2H])c([2H])c([2H])c23)c1[2H]. The Labute approximate surface area is 311 Å². The molecule has 10 aromatic rings. The summed E-state index contributed by atoms with van der Waals surface area (Å²) in [5, 5.41) is -6.07. The smallest absolute Gasteiger partial charge is 0.136 e. The number of hydrogen-bond donors (Lipinski definition) is 0. The van der Waals surface area contributed by atoms with Gasteiger partial charge in [-0.2, -0.15) is 0 Å². The molecule has 0 bridgehead atoms. The molecule has 0 radical (unpaired) electrons. The highest BCUT2D eigenvalue weighted by atomic mass is 16.3. The van der Waals surface area contributed by atoms with Crippen LogP contribution in [0.15, 0.2) is 174 Å². The van der Waals surface area contributed by atoms with Crippen molar-refractivity contribution >= 4 is 65.0 Å². The van der Waals surface area contributed by atoms with Gasteiger partial charge in [-0.25, -0.2) is 0 Å². The molecule has 0 atom stereocenters. The zero-order chi connectivity index (χ0) is 55.3. The third kappa shape index (κ3) is 4.03. The summed E-state index contributed by atoms with van der Waals surface area (Å²) < 4.78 is 258. The van der Waals surface area contributed by atoms with Crippen LogP contribution in [0.5, 0.6) is 0 Å². The van der Waals surface area contributed by atoms with Crippen molar-refractivity contribution in [3.8, 4) is 33.4 Å². The maximum Gasteiger partial charge on any atom is 0.136 e. The van der Waals surface area contributed by atoms with Crippen LogP contribution in [0.1, 0.15) is 38.4 Å². The molecule has 0 aliphatic carbocycles. The first-order valence-electron chi connectivity index (χ1n) is 27.9. The van der Waals surface area contributed by atoms with Crippen molar-refractivity contribution in [2.75, 3.05) is 0 Å². The van der Waals surface area contributed by atoms with E-state index in [-0.39, 0.29) is 0 Å². The van der Waals surface area contributed by atoms with Gasteiger partial charge in [-0.15, -0.1) is 0 Å². The van der Waals surface area contributed by atoms with E-state index in [0.717, 1.165) is 0 Å². The van der Waals surface area contributed by atoms with Gasteiger partial charge in [0.15, 0.2) is 0 Å². The fourth-order valence-corrected chi connectivity index (χ4v) is 5.70. The lowest BCUT2D eigenvalue weighted by Gasteiger charge is -2.18. The van der Waals surface area contributed by atoms with Crippen LogP contribution in [0.25, 0.3) is 98.4 Å². The van der Waals surface area contributed by atoms with Crippen LogP contribution < -0.4 is 0 Å². The van der Waals surface area contributed by atoms with Crippen molar-refractivity contribution in [2.24, 2.45) is 0 Å². The van der Waals surface area contributed by atoms with E-state index in [0.29, 0.717) is 0 Å². The summed E-state index contributed by atoms with van der Waals surface area (Å²) in [5.74, 6) is 0. The van der Waals surface area contributed by atoms with E-state index in [1.807, 2.05) is 0 Å². The van der Waals surface area contributed by atoms with Gasteiger partial charge >= 0.3 is 0 Å². The molecule has 0 unspecified atom stereocenters. The average Bonchev–Trinajstić information content (AvgIpc) is 3.78. The van der Waals surface area contributed by atoms with Gasteiger partial charge in [0.1, 0.15) is 11.2 Å². The van der Waals surface area contributed by atoms with Crippen molar-refractivity contribution in [1.29, 1.82) is 0 Å². The molecule has 0 saturated carbocycles. The fourth-order valence-electron chi connectivity index (χ4n) is 5.70. The summed E-state index contributed by atoms with van der Waals surface area (Å²) in [7, 11) is 0. The minimum Gasteiger partial charge on any atom is -0.456 e. The summed E-state index contributed by atoms with van der Waals surface area (Å²) in [5.41, 5.74) is -6.03. The largest absolute Gasteiger partial charge is 0.456 e. The molecule has 218 valence electrons. The second-order valence-corrected chi connectivity index (χ2v) is 10.3. The van der Waals surface area contributed by atoms with Crippen molar-refractivity contribution in [2.45, 2.75) is 0 Å². The Morgan fingerprint density at radius 1 is 0.319 bits per heavy atom. The molecule has 9 aromatic carbocycles. The van der Waals surface area contributed by atoms with Gasteiger partial charge in [0.25, 0.3) is 0 Å². The van der Waals surface area contributed by atoms with Crippen LogP contribution in [-0.4, -0.2) is 0 Å². The van der Waals surface area contributed by atoms with Gasteiger partial charge in [-0.1, -0.05) is 139 Å². The van der Waals surface area contributed by atoms with Gasteiger partial charge in [0.2, 0.25) is 0 Å². The Balaban J connectivity index is 1.47. The highest BCUT2D eigenvalue weighted by Gasteiger charge is 2.18. The lowest BCUT2D eigenvalue weighted by atomic mass is 9.85. The third-order valence-electron chi connectivity index (χ3n) is 7.70. The molecule has 0 saturated heterocycles. The average molecular weight is 625 g/mol. The fraction of sp³-hybridized carbons (Fsp3) is 0. The summed E-state index contributed by atoms with van der Waals surface area (Å²) in [6, 6.07) is -25.8. The maximum absolute atomic E-state index is 9.91. The van der Waals surface area contributed by atoms with E-state index in [2.05, 4.69) is 0 Å². The van der Waals surface area contributed by atoms with Gasteiger partial charge in [-0.05, 0) is 107 Å². The topological polar surface area (TPSA) is 13.1 Å². The van der Waals surface area contributed by atoms with Crippen molar-refractivity contribution < 1.29 is 42.8 Å². The number of hydrogen-bond acceptors (Lipinski definition) is 1. The zero-order valence-electron chi connectivity index (χ0n) is 51.4. The van der Waals surface area contributed by atoms with E-state index < -0.39 is 268 Å². The molecule has 0 spiro atoms. The number of benzene rings is 9. The van der Waals surface area contributed by atoms with E-state index in [1.165, 1.54) is 0 Å². The highest BCUT2D eigenvalue weighted by molar-refractivity contribution is 6.22. The van der Waals surface area contributed by atoms with Gasteiger partial charge in [-0.3, -0.25) is 0 Å². The van der Waals surface area contributed by atoms with E-state index in [1.54, 1.807) is 0 Å². The van der Waals surface area contributed by atoms with Crippen LogP contribution in [-0.2, 0) is 0 Å². The van der Waals surface area contributed by atoms with Crippen molar-refractivity contribution in [1.82, 2.24) is 0 Å². The first kappa shape index (κ1) is 10.7. The maximum atomic E-state index is 9.91. The number of furan rings is 1. The summed E-state index contributed by atoms with van der Waals surface area (Å²) in [6.07, 6.45) is 0. The zero-order valence-corrected chi connectivity index (χ0v) is 23.4. The van der Waals surface area contributed by atoms with Gasteiger partial charge < -0.3 is 4.42 Å². The molecule has 1 aromatic heterocycles. The lowest BCUT2D eigenvalue weighted by molar-refractivity contribution is 0.669. The predicted octanol–water partition coefficient (Wildman–Crippen LogP) is 13.2. The Morgan fingerprint density at radius 3 is 1.55 bits per heavy atom. The third-order valence-corrected chi connectivity index (χ3v) is 7.70. The Bertz CT molecular complexity index is 4360. The molecule has 1 heterocycles. The van der Waals surface area contributed by atoms with Crippen LogP contribution in [0.4, 0.5) is 0 Å². The first-order chi connectivity index (χ1) is 35.0. The standard InChI is InChI=1S/C46H28O/c1-2-12-31-26-35(21-20-29(31)10-1)45-39-18-7-5-16-37(39)44(38-17-6-8-19-40(38)45)34-14-9-13-32(27-34)33-23-24-42-41(28-33)46-36-15-4-3-11-30(36)22-25-43(46)47-42/h1-28H/i1D,2D,3D,4D,5D,6D,7D,8D,9D,10D,11D,12D,13D,14D,15D,16D,17D,18D,19D,20D,21D,22D,23D,24D,25D,26D,27D,28D. The van der Waals surface area contributed by atoms with Crippen LogP contribution in [0.2, 0.25) is 0 Å². The van der Waals surface area contributed by atoms with Gasteiger partial charge in [0.05, 0.1) is 38.4 Å². The Morgan fingerprint density at radius 2 is 0.830 bits per heavy atom. The molecular weight excluding hydrogens is 569 g/mol. The highest BCUT2D eigenvalue weighted by Crippen LogP contribution is 2.45. The van der Waals surface area contributed by atoms with Crippen LogP contribution in [0, 0.1) is 0 Å². The minimum absolute atomic E-state index is 0.392. The molecule has 1 nitrogen and oxygen atoms in total. The Hall–Kier alpha value is -6.18. The van der Waals surface area contributed by atoms with E-state index in [4.69, 9.17) is 26.3 Å². The van der Waals surface area contributed by atoms with Crippen LogP contribution in [0.3, 0.4) is 0 Å². The lowest BCUT2D eigenvalue weighted by Crippen LogP contribution is -1.91. The summed E-state index contributed by atoms with van der Waals surface area (Å²) in [6.45, 7) is 0. The summed E-state index contributed by atoms with van der Waals surface area (Å²) >= 11 is 0.